The summed E-state index contributed by atoms with van der Waals surface area (Å²) in [5.41, 5.74) is 0. The van der Waals surface area contributed by atoms with Crippen LogP contribution < -0.4 is 4.74 Å². The van der Waals surface area contributed by atoms with Crippen molar-refractivity contribution in [1.29, 1.82) is 0 Å². The summed E-state index contributed by atoms with van der Waals surface area (Å²) in [5, 5.41) is 18.5. The highest BCUT2D eigenvalue weighted by molar-refractivity contribution is 5.20. The van der Waals surface area contributed by atoms with Crippen molar-refractivity contribution in [2.45, 2.75) is 25.1 Å². The molecule has 2 rings (SSSR count). The molecular formula is C12H16O5. The third-order valence-corrected chi connectivity index (χ3v) is 2.44. The Morgan fingerprint density at radius 1 is 1.35 bits per heavy atom. The Bertz CT molecular complexity index is 329. The third kappa shape index (κ3) is 3.67. The van der Waals surface area contributed by atoms with E-state index in [1.165, 1.54) is 0 Å². The van der Waals surface area contributed by atoms with Crippen molar-refractivity contribution in [2.24, 2.45) is 0 Å². The van der Waals surface area contributed by atoms with Gasteiger partial charge in [0.05, 0.1) is 19.3 Å². The zero-order valence-electron chi connectivity index (χ0n) is 9.36. The van der Waals surface area contributed by atoms with Crippen molar-refractivity contribution >= 4 is 0 Å². The minimum absolute atomic E-state index is 0.174. The molecule has 17 heavy (non-hydrogen) atoms. The van der Waals surface area contributed by atoms with E-state index in [9.17, 15) is 5.11 Å². The molecule has 5 heteroatoms. The zero-order valence-corrected chi connectivity index (χ0v) is 9.36. The van der Waals surface area contributed by atoms with E-state index in [0.717, 1.165) is 0 Å². The lowest BCUT2D eigenvalue weighted by Gasteiger charge is -2.16. The van der Waals surface area contributed by atoms with Crippen molar-refractivity contribution in [3.63, 3.8) is 0 Å². The molecule has 1 fully saturated rings. The van der Waals surface area contributed by atoms with Gasteiger partial charge in [0, 0.05) is 6.42 Å². The van der Waals surface area contributed by atoms with Crippen LogP contribution in [-0.4, -0.2) is 42.1 Å². The van der Waals surface area contributed by atoms with Crippen molar-refractivity contribution in [1.82, 2.24) is 0 Å². The SMILES string of the molecule is OC[C@@H]1OC[C@@H](CC(O)Oc2ccccc2)O1. The topological polar surface area (TPSA) is 68.2 Å². The van der Waals surface area contributed by atoms with E-state index in [2.05, 4.69) is 0 Å². The maximum Gasteiger partial charge on any atom is 0.199 e. The number of hydrogen-bond donors (Lipinski definition) is 2. The summed E-state index contributed by atoms with van der Waals surface area (Å²) in [5.74, 6) is 0.609. The van der Waals surface area contributed by atoms with Crippen molar-refractivity contribution in [3.8, 4) is 5.75 Å². The molecule has 0 aromatic heterocycles. The summed E-state index contributed by atoms with van der Waals surface area (Å²) in [6, 6.07) is 9.08. The molecule has 1 aromatic rings. The van der Waals surface area contributed by atoms with Crippen LogP contribution in [0.25, 0.3) is 0 Å². The lowest BCUT2D eigenvalue weighted by molar-refractivity contribution is -0.104. The van der Waals surface area contributed by atoms with Crippen LogP contribution in [0.2, 0.25) is 0 Å². The molecule has 1 aromatic carbocycles. The van der Waals surface area contributed by atoms with Crippen LogP contribution >= 0.6 is 0 Å². The third-order valence-electron chi connectivity index (χ3n) is 2.44. The summed E-state index contributed by atoms with van der Waals surface area (Å²) >= 11 is 0. The summed E-state index contributed by atoms with van der Waals surface area (Å²) in [6.07, 6.45) is -1.45. The average molecular weight is 240 g/mol. The first-order valence-corrected chi connectivity index (χ1v) is 5.55. The molecule has 0 spiro atoms. The Hall–Kier alpha value is -1.14. The molecule has 94 valence electrons. The molecular weight excluding hydrogens is 224 g/mol. The molecule has 0 amide bonds. The molecule has 1 unspecified atom stereocenters. The largest absolute Gasteiger partial charge is 0.465 e. The second-order valence-electron chi connectivity index (χ2n) is 3.82. The highest BCUT2D eigenvalue weighted by Gasteiger charge is 2.27. The zero-order chi connectivity index (χ0) is 12.1. The lowest BCUT2D eigenvalue weighted by Crippen LogP contribution is -2.25. The summed E-state index contributed by atoms with van der Waals surface area (Å²) in [6.45, 7) is 0.187. The molecule has 2 N–H and O–H groups in total. The van der Waals surface area contributed by atoms with Crippen molar-refractivity contribution in [2.75, 3.05) is 13.2 Å². The van der Waals surface area contributed by atoms with Gasteiger partial charge in [-0.25, -0.2) is 0 Å². The van der Waals surface area contributed by atoms with Gasteiger partial charge in [-0.3, -0.25) is 0 Å². The van der Waals surface area contributed by atoms with Gasteiger partial charge >= 0.3 is 0 Å². The molecule has 1 saturated heterocycles. The van der Waals surface area contributed by atoms with Gasteiger partial charge in [-0.1, -0.05) is 18.2 Å². The lowest BCUT2D eigenvalue weighted by atomic mass is 10.2. The number of aliphatic hydroxyl groups is 2. The first-order valence-electron chi connectivity index (χ1n) is 5.55. The van der Waals surface area contributed by atoms with E-state index in [4.69, 9.17) is 19.3 Å². The number of benzene rings is 1. The number of hydrogen-bond acceptors (Lipinski definition) is 5. The molecule has 1 heterocycles. The fourth-order valence-corrected chi connectivity index (χ4v) is 1.66. The summed E-state index contributed by atoms with van der Waals surface area (Å²) in [7, 11) is 0. The molecule has 0 radical (unpaired) electrons. The van der Waals surface area contributed by atoms with Crippen LogP contribution in [0.5, 0.6) is 5.75 Å². The van der Waals surface area contributed by atoms with Gasteiger partial charge in [0.15, 0.2) is 12.6 Å². The minimum atomic E-state index is -0.941. The Morgan fingerprint density at radius 3 is 2.76 bits per heavy atom. The Kier molecular flexibility index (Phi) is 4.33. The van der Waals surface area contributed by atoms with Crippen molar-refractivity contribution in [3.05, 3.63) is 30.3 Å². The van der Waals surface area contributed by atoms with E-state index in [0.29, 0.717) is 18.8 Å². The van der Waals surface area contributed by atoms with Crippen molar-refractivity contribution < 1.29 is 24.4 Å². The van der Waals surface area contributed by atoms with Gasteiger partial charge in [0.2, 0.25) is 0 Å². The Morgan fingerprint density at radius 2 is 2.12 bits per heavy atom. The van der Waals surface area contributed by atoms with Crippen LogP contribution in [0.15, 0.2) is 30.3 Å². The van der Waals surface area contributed by atoms with E-state index < -0.39 is 12.6 Å². The predicted octanol–water partition coefficient (Wildman–Crippen LogP) is 0.508. The highest BCUT2D eigenvalue weighted by Crippen LogP contribution is 2.18. The normalized spacial score (nSPS) is 25.8. The smallest absolute Gasteiger partial charge is 0.199 e. The standard InChI is InChI=1S/C12H16O5/c13-7-12-15-8-10(17-12)6-11(14)16-9-4-2-1-3-5-9/h1-5,10-14H,6-8H2/t10-,11?,12-/m1/s1. The quantitative estimate of drug-likeness (QED) is 0.734. The van der Waals surface area contributed by atoms with Gasteiger partial charge < -0.3 is 24.4 Å². The predicted molar refractivity (Wildman–Crippen MR) is 59.4 cm³/mol. The second-order valence-corrected chi connectivity index (χ2v) is 3.82. The monoisotopic (exact) mass is 240 g/mol. The van der Waals surface area contributed by atoms with Gasteiger partial charge in [0.25, 0.3) is 0 Å². The maximum atomic E-state index is 9.70. The fraction of sp³-hybridized carbons (Fsp3) is 0.500. The number of aliphatic hydroxyl groups excluding tert-OH is 2. The highest BCUT2D eigenvalue weighted by atomic mass is 16.7. The molecule has 0 saturated carbocycles. The Balaban J connectivity index is 1.76. The first-order chi connectivity index (χ1) is 8.28. The Labute approximate surface area is 99.5 Å². The van der Waals surface area contributed by atoms with Crippen LogP contribution in [0, 0.1) is 0 Å². The van der Waals surface area contributed by atoms with Crippen LogP contribution in [-0.2, 0) is 9.47 Å². The molecule has 0 aliphatic carbocycles. The summed E-state index contributed by atoms with van der Waals surface area (Å²) in [4.78, 5) is 0. The number of para-hydroxylation sites is 1. The van der Waals surface area contributed by atoms with Gasteiger partial charge in [-0.15, -0.1) is 0 Å². The van der Waals surface area contributed by atoms with E-state index >= 15 is 0 Å². The van der Waals surface area contributed by atoms with Gasteiger partial charge in [0.1, 0.15) is 5.75 Å². The van der Waals surface area contributed by atoms with Gasteiger partial charge in [-0.2, -0.15) is 0 Å². The van der Waals surface area contributed by atoms with Crippen LogP contribution in [0.3, 0.4) is 0 Å². The summed E-state index contributed by atoms with van der Waals surface area (Å²) < 4.78 is 15.7. The second kappa shape index (κ2) is 5.97. The maximum absolute atomic E-state index is 9.70. The van der Waals surface area contributed by atoms with E-state index in [-0.39, 0.29) is 12.7 Å². The average Bonchev–Trinajstić information content (AvgIpc) is 2.78. The van der Waals surface area contributed by atoms with Gasteiger partial charge in [-0.05, 0) is 12.1 Å². The fourth-order valence-electron chi connectivity index (χ4n) is 1.66. The molecule has 1 aliphatic heterocycles. The van der Waals surface area contributed by atoms with Crippen LogP contribution in [0.4, 0.5) is 0 Å². The number of rotatable bonds is 5. The molecule has 0 bridgehead atoms. The minimum Gasteiger partial charge on any atom is -0.465 e. The molecule has 5 nitrogen and oxygen atoms in total. The van der Waals surface area contributed by atoms with E-state index in [1.807, 2.05) is 18.2 Å². The molecule has 1 aliphatic rings. The van der Waals surface area contributed by atoms with E-state index in [1.54, 1.807) is 12.1 Å². The first kappa shape index (κ1) is 12.3. The molecule has 3 atom stereocenters. The number of ether oxygens (including phenoxy) is 3. The van der Waals surface area contributed by atoms with Crippen LogP contribution in [0.1, 0.15) is 6.42 Å².